The van der Waals surface area contributed by atoms with Gasteiger partial charge in [0, 0.05) is 26.6 Å². The van der Waals surface area contributed by atoms with Gasteiger partial charge in [-0.1, -0.05) is 0 Å². The van der Waals surface area contributed by atoms with Crippen LogP contribution < -0.4 is 9.46 Å². The second-order valence-corrected chi connectivity index (χ2v) is 6.88. The van der Waals surface area contributed by atoms with E-state index in [1.54, 1.807) is 43.6 Å². The van der Waals surface area contributed by atoms with Gasteiger partial charge in [-0.2, -0.15) is 5.10 Å². The topological polar surface area (TPSA) is 106 Å². The highest BCUT2D eigenvalue weighted by Crippen LogP contribution is 2.21. The van der Waals surface area contributed by atoms with E-state index in [9.17, 15) is 8.42 Å². The molecule has 9 nitrogen and oxygen atoms in total. The van der Waals surface area contributed by atoms with Crippen LogP contribution in [0.1, 0.15) is 0 Å². The molecular weight excluding hydrogens is 346 g/mol. The third kappa shape index (κ3) is 3.86. The van der Waals surface area contributed by atoms with Gasteiger partial charge in [-0.25, -0.2) is 23.1 Å². The van der Waals surface area contributed by atoms with Gasteiger partial charge in [0.15, 0.2) is 12.3 Å². The van der Waals surface area contributed by atoms with Gasteiger partial charge in [0.05, 0.1) is 11.1 Å². The number of hydrazone groups is 1. The Labute approximate surface area is 145 Å². The van der Waals surface area contributed by atoms with E-state index in [0.717, 1.165) is 0 Å². The third-order valence-electron chi connectivity index (χ3n) is 3.48. The molecule has 0 saturated heterocycles. The molecule has 2 atom stereocenters. The molecule has 0 saturated carbocycles. The Morgan fingerprint density at radius 2 is 1.84 bits per heavy atom. The van der Waals surface area contributed by atoms with E-state index in [2.05, 4.69) is 19.8 Å². The lowest BCUT2D eigenvalue weighted by Crippen LogP contribution is -2.38. The summed E-state index contributed by atoms with van der Waals surface area (Å²) in [4.78, 5) is 7.76. The van der Waals surface area contributed by atoms with Gasteiger partial charge in [0.25, 0.3) is 10.0 Å². The summed E-state index contributed by atoms with van der Waals surface area (Å²) in [5.74, 6) is 0.514. The third-order valence-corrected chi connectivity index (χ3v) is 4.83. The zero-order valence-corrected chi connectivity index (χ0v) is 14.4. The Morgan fingerprint density at radius 3 is 2.48 bits per heavy atom. The van der Waals surface area contributed by atoms with E-state index in [-0.39, 0.29) is 23.2 Å². The SMILES string of the molecule is COC1C(Oc2ccc(S(=O)(=O)Nc3ncccn3)cc2)C=NN1C. The minimum absolute atomic E-state index is 0.0102. The van der Waals surface area contributed by atoms with E-state index in [4.69, 9.17) is 9.47 Å². The summed E-state index contributed by atoms with van der Waals surface area (Å²) in [7, 11) is -0.424. The number of likely N-dealkylation sites (N-methyl/N-ethyl adjacent to an activating group) is 1. The molecule has 1 aromatic heterocycles. The second-order valence-electron chi connectivity index (χ2n) is 5.20. The normalized spacial score (nSPS) is 19.8. The summed E-state index contributed by atoms with van der Waals surface area (Å²) < 4.78 is 38.0. The van der Waals surface area contributed by atoms with E-state index in [1.165, 1.54) is 24.5 Å². The van der Waals surface area contributed by atoms with Gasteiger partial charge in [-0.05, 0) is 30.3 Å². The van der Waals surface area contributed by atoms with E-state index < -0.39 is 10.0 Å². The summed E-state index contributed by atoms with van der Waals surface area (Å²) >= 11 is 0. The first kappa shape index (κ1) is 17.1. The van der Waals surface area contributed by atoms with Crippen molar-refractivity contribution in [2.24, 2.45) is 5.10 Å². The minimum Gasteiger partial charge on any atom is -0.480 e. The highest BCUT2D eigenvalue weighted by molar-refractivity contribution is 7.92. The number of rotatable bonds is 6. The Morgan fingerprint density at radius 1 is 1.16 bits per heavy atom. The van der Waals surface area contributed by atoms with Crippen molar-refractivity contribution in [2.45, 2.75) is 17.2 Å². The van der Waals surface area contributed by atoms with Crippen molar-refractivity contribution in [3.63, 3.8) is 0 Å². The van der Waals surface area contributed by atoms with Gasteiger partial charge in [0.2, 0.25) is 5.95 Å². The number of ether oxygens (including phenoxy) is 2. The average Bonchev–Trinajstić information content (AvgIpc) is 2.95. The smallest absolute Gasteiger partial charge is 0.264 e. The predicted octanol–water partition coefficient (Wildman–Crippen LogP) is 0.928. The largest absolute Gasteiger partial charge is 0.480 e. The first-order chi connectivity index (χ1) is 12.0. The second kappa shape index (κ2) is 7.03. The Hall–Kier alpha value is -2.72. The number of benzene rings is 1. The van der Waals surface area contributed by atoms with Crippen LogP contribution in [-0.2, 0) is 14.8 Å². The minimum atomic E-state index is -3.77. The fraction of sp³-hybridized carbons (Fsp3) is 0.267. The molecule has 0 spiro atoms. The van der Waals surface area contributed by atoms with Gasteiger partial charge < -0.3 is 9.47 Å². The van der Waals surface area contributed by atoms with Crippen LogP contribution in [0, 0.1) is 0 Å². The van der Waals surface area contributed by atoms with Gasteiger partial charge in [-0.3, -0.25) is 5.01 Å². The van der Waals surface area contributed by atoms with Crippen LogP contribution in [0.3, 0.4) is 0 Å². The van der Waals surface area contributed by atoms with E-state index in [0.29, 0.717) is 5.75 Å². The summed E-state index contributed by atoms with van der Waals surface area (Å²) in [6, 6.07) is 7.62. The highest BCUT2D eigenvalue weighted by atomic mass is 32.2. The lowest BCUT2D eigenvalue weighted by Gasteiger charge is -2.23. The van der Waals surface area contributed by atoms with E-state index in [1.807, 2.05) is 0 Å². The first-order valence-corrected chi connectivity index (χ1v) is 8.84. The van der Waals surface area contributed by atoms with Crippen LogP contribution in [0.4, 0.5) is 5.95 Å². The lowest BCUT2D eigenvalue weighted by atomic mass is 10.3. The molecule has 1 N–H and O–H groups in total. The fourth-order valence-electron chi connectivity index (χ4n) is 2.28. The molecule has 2 heterocycles. The molecule has 10 heteroatoms. The molecule has 0 aliphatic carbocycles. The van der Waals surface area contributed by atoms with Crippen LogP contribution in [0.15, 0.2) is 52.7 Å². The molecule has 0 radical (unpaired) electrons. The van der Waals surface area contributed by atoms with Crippen molar-refractivity contribution < 1.29 is 17.9 Å². The lowest BCUT2D eigenvalue weighted by molar-refractivity contribution is -0.0482. The molecule has 2 unspecified atom stereocenters. The zero-order chi connectivity index (χ0) is 17.9. The molecule has 132 valence electrons. The molecule has 0 bridgehead atoms. The van der Waals surface area contributed by atoms with Gasteiger partial charge in [-0.15, -0.1) is 0 Å². The Balaban J connectivity index is 1.71. The maximum absolute atomic E-state index is 12.3. The molecule has 1 aliphatic rings. The zero-order valence-electron chi connectivity index (χ0n) is 13.6. The van der Waals surface area contributed by atoms with Crippen LogP contribution in [0.5, 0.6) is 5.75 Å². The van der Waals surface area contributed by atoms with Crippen molar-refractivity contribution in [1.29, 1.82) is 0 Å². The van der Waals surface area contributed by atoms with Crippen LogP contribution in [0.25, 0.3) is 0 Å². The number of nitrogens with one attached hydrogen (secondary N) is 1. The summed E-state index contributed by atoms with van der Waals surface area (Å²) in [6.45, 7) is 0. The van der Waals surface area contributed by atoms with Crippen molar-refractivity contribution in [3.05, 3.63) is 42.7 Å². The number of hydrogen-bond acceptors (Lipinski definition) is 8. The van der Waals surface area contributed by atoms with Crippen LogP contribution in [0.2, 0.25) is 0 Å². The summed E-state index contributed by atoms with van der Waals surface area (Å²) in [5, 5.41) is 5.75. The summed E-state index contributed by atoms with van der Waals surface area (Å²) in [6.07, 6.45) is 3.82. The molecular formula is C15H17N5O4S. The summed E-state index contributed by atoms with van der Waals surface area (Å²) in [5.41, 5.74) is 0. The maximum atomic E-state index is 12.3. The first-order valence-electron chi connectivity index (χ1n) is 7.36. The average molecular weight is 363 g/mol. The van der Waals surface area contributed by atoms with E-state index >= 15 is 0 Å². The quantitative estimate of drug-likeness (QED) is 0.814. The van der Waals surface area contributed by atoms with Gasteiger partial charge >= 0.3 is 0 Å². The van der Waals surface area contributed by atoms with Crippen molar-refractivity contribution in [1.82, 2.24) is 15.0 Å². The van der Waals surface area contributed by atoms with Crippen molar-refractivity contribution in [2.75, 3.05) is 18.9 Å². The Bertz CT molecular complexity index is 842. The number of aromatic nitrogens is 2. The fourth-order valence-corrected chi connectivity index (χ4v) is 3.24. The number of sulfonamides is 1. The molecule has 0 amide bonds. The number of anilines is 1. The molecule has 3 rings (SSSR count). The Kier molecular flexibility index (Phi) is 4.81. The van der Waals surface area contributed by atoms with Gasteiger partial charge in [0.1, 0.15) is 5.75 Å². The molecule has 25 heavy (non-hydrogen) atoms. The molecule has 0 fully saturated rings. The highest BCUT2D eigenvalue weighted by Gasteiger charge is 2.30. The standard InChI is InChI=1S/C15H17N5O4S/c1-20-14(23-2)13(10-18-20)24-11-4-6-12(7-5-11)25(21,22)19-15-16-8-3-9-17-15/h3-10,13-14H,1-2H3,(H,16,17,19). The number of hydrogen-bond donors (Lipinski definition) is 1. The maximum Gasteiger partial charge on any atom is 0.264 e. The monoisotopic (exact) mass is 363 g/mol. The molecule has 2 aromatic rings. The van der Waals surface area contributed by atoms with Crippen LogP contribution in [-0.4, -0.2) is 56.1 Å². The number of nitrogens with zero attached hydrogens (tertiary/aromatic N) is 4. The molecule has 1 aliphatic heterocycles. The number of methoxy groups -OCH3 is 1. The van der Waals surface area contributed by atoms with Crippen LogP contribution >= 0.6 is 0 Å². The van der Waals surface area contributed by atoms with Crippen molar-refractivity contribution >= 4 is 22.2 Å². The van der Waals surface area contributed by atoms with Crippen molar-refractivity contribution in [3.8, 4) is 5.75 Å². The predicted molar refractivity (Wildman–Crippen MR) is 90.8 cm³/mol. The molecule has 1 aromatic carbocycles.